The molecule has 0 spiro atoms. The number of piperidine rings is 1. The molecule has 3 aromatic heterocycles. The standard InChI is InChI=1S/C36H34ClF3N8O2S/c1-18-15-46(10-7-21(18)34(49)48-11-6-19(2)45-48)33-23-12-25(37)28(22-4-5-26(39)31-27(22)24(14-41)32(42)51-31)29(40)30(23)43-35(44-33)50-17-36-8-3-9-47(36)16-20(38)13-36/h4-6,11-12,18,20-21H,3,7-10,13,15-17,42H2,1-2H3/t18-,20-,21+,36+/m1/s1. The molecule has 6 heterocycles. The number of rotatable bonds is 6. The molecule has 3 fully saturated rings. The minimum Gasteiger partial charge on any atom is -0.461 e. The summed E-state index contributed by atoms with van der Waals surface area (Å²) in [5, 5.41) is 14.8. The lowest BCUT2D eigenvalue weighted by Crippen LogP contribution is -2.44. The Bertz CT molecular complexity index is 2270. The van der Waals surface area contributed by atoms with Gasteiger partial charge in [0.25, 0.3) is 0 Å². The van der Waals surface area contributed by atoms with E-state index in [2.05, 4.69) is 15.0 Å². The molecule has 0 saturated carbocycles. The van der Waals surface area contributed by atoms with Gasteiger partial charge in [-0.2, -0.15) is 20.3 Å². The van der Waals surface area contributed by atoms with Crippen LogP contribution < -0.4 is 15.4 Å². The molecule has 0 bridgehead atoms. The van der Waals surface area contributed by atoms with Gasteiger partial charge in [0.2, 0.25) is 5.91 Å². The fraction of sp³-hybridized carbons (Fsp3) is 0.417. The Kier molecular flexibility index (Phi) is 8.35. The minimum absolute atomic E-state index is 0.00711. The number of ether oxygens (including phenoxy) is 1. The Morgan fingerprint density at radius 2 is 2.06 bits per heavy atom. The monoisotopic (exact) mass is 734 g/mol. The summed E-state index contributed by atoms with van der Waals surface area (Å²) >= 11 is 7.78. The highest BCUT2D eigenvalue weighted by Crippen LogP contribution is 2.46. The van der Waals surface area contributed by atoms with Crippen molar-refractivity contribution in [2.75, 3.05) is 43.4 Å². The normalized spacial score (nSPS) is 23.6. The van der Waals surface area contributed by atoms with Gasteiger partial charge < -0.3 is 15.4 Å². The zero-order valence-corrected chi connectivity index (χ0v) is 29.5. The molecule has 15 heteroatoms. The number of aromatic nitrogens is 4. The molecule has 3 aliphatic rings. The molecule has 0 amide bonds. The summed E-state index contributed by atoms with van der Waals surface area (Å²) in [5.41, 5.74) is 6.42. The Labute approximate surface area is 300 Å². The van der Waals surface area contributed by atoms with Crippen molar-refractivity contribution in [3.05, 3.63) is 58.4 Å². The van der Waals surface area contributed by atoms with E-state index in [1.165, 1.54) is 16.8 Å². The van der Waals surface area contributed by atoms with E-state index in [1.54, 1.807) is 18.3 Å². The Balaban J connectivity index is 1.23. The van der Waals surface area contributed by atoms with Gasteiger partial charge in [0.15, 0.2) is 5.82 Å². The van der Waals surface area contributed by atoms with Crippen LogP contribution in [0, 0.1) is 41.7 Å². The number of nitriles is 1. The smallest absolute Gasteiger partial charge is 0.319 e. The highest BCUT2D eigenvalue weighted by atomic mass is 35.5. The number of benzene rings is 2. The summed E-state index contributed by atoms with van der Waals surface area (Å²) < 4.78 is 54.4. The van der Waals surface area contributed by atoms with Crippen molar-refractivity contribution in [2.24, 2.45) is 11.8 Å². The van der Waals surface area contributed by atoms with Gasteiger partial charge in [-0.25, -0.2) is 17.9 Å². The average Bonchev–Trinajstić information content (AvgIpc) is 3.86. The lowest BCUT2D eigenvalue weighted by Gasteiger charge is -2.37. The van der Waals surface area contributed by atoms with E-state index in [0.29, 0.717) is 43.7 Å². The quantitative estimate of drug-likeness (QED) is 0.193. The molecule has 264 valence electrons. The van der Waals surface area contributed by atoms with Gasteiger partial charge >= 0.3 is 6.01 Å². The summed E-state index contributed by atoms with van der Waals surface area (Å²) in [6.07, 6.45) is 3.22. The number of fused-ring (bicyclic) bond motifs is 3. The fourth-order valence-corrected chi connectivity index (χ4v) is 9.52. The van der Waals surface area contributed by atoms with E-state index in [0.717, 1.165) is 36.4 Å². The summed E-state index contributed by atoms with van der Waals surface area (Å²) in [6, 6.07) is 7.88. The van der Waals surface area contributed by atoms with Crippen LogP contribution in [0.1, 0.15) is 48.7 Å². The number of nitrogen functional groups attached to an aromatic ring is 1. The lowest BCUT2D eigenvalue weighted by molar-refractivity contribution is 0.0750. The molecule has 0 unspecified atom stereocenters. The number of nitrogens with zero attached hydrogens (tertiary/aromatic N) is 7. The molecule has 10 nitrogen and oxygen atoms in total. The van der Waals surface area contributed by atoms with E-state index in [-0.39, 0.29) is 72.7 Å². The molecular weight excluding hydrogens is 701 g/mol. The van der Waals surface area contributed by atoms with E-state index >= 15 is 4.39 Å². The zero-order valence-electron chi connectivity index (χ0n) is 27.9. The first-order chi connectivity index (χ1) is 24.5. The number of halogens is 4. The van der Waals surface area contributed by atoms with Crippen molar-refractivity contribution >= 4 is 60.7 Å². The first kappa shape index (κ1) is 33.7. The number of anilines is 2. The van der Waals surface area contributed by atoms with Crippen LogP contribution in [0.5, 0.6) is 6.01 Å². The van der Waals surface area contributed by atoms with Gasteiger partial charge in [-0.05, 0) is 62.4 Å². The number of carbonyl (C=O) groups is 1. The van der Waals surface area contributed by atoms with Crippen LogP contribution in [0.3, 0.4) is 0 Å². The van der Waals surface area contributed by atoms with Crippen molar-refractivity contribution < 1.29 is 22.7 Å². The number of hydrogen-bond acceptors (Lipinski definition) is 10. The number of thiophene rings is 1. The second-order valence-electron chi connectivity index (χ2n) is 13.9. The summed E-state index contributed by atoms with van der Waals surface area (Å²) in [6.45, 7) is 5.91. The Hall–Kier alpha value is -4.45. The third-order valence-corrected chi connectivity index (χ3v) is 12.1. The Morgan fingerprint density at radius 1 is 1.24 bits per heavy atom. The molecule has 51 heavy (non-hydrogen) atoms. The predicted octanol–water partition coefficient (Wildman–Crippen LogP) is 7.16. The summed E-state index contributed by atoms with van der Waals surface area (Å²) in [7, 11) is 0. The zero-order chi connectivity index (χ0) is 35.8. The number of nitrogens with two attached hydrogens (primary N) is 1. The fourth-order valence-electron chi connectivity index (χ4n) is 8.28. The molecule has 0 radical (unpaired) electrons. The van der Waals surface area contributed by atoms with E-state index in [9.17, 15) is 18.8 Å². The van der Waals surface area contributed by atoms with Gasteiger partial charge in [0.05, 0.1) is 26.5 Å². The second kappa shape index (κ2) is 12.6. The molecule has 3 saturated heterocycles. The van der Waals surface area contributed by atoms with Gasteiger partial charge in [-0.3, -0.25) is 9.69 Å². The van der Waals surface area contributed by atoms with Crippen LogP contribution >= 0.6 is 22.9 Å². The van der Waals surface area contributed by atoms with Gasteiger partial charge in [-0.15, -0.1) is 11.3 Å². The first-order valence-electron chi connectivity index (χ1n) is 16.9. The van der Waals surface area contributed by atoms with Crippen LogP contribution in [0.4, 0.5) is 24.0 Å². The molecule has 3 aliphatic heterocycles. The number of alkyl halides is 1. The molecule has 0 aliphatic carbocycles. The van der Waals surface area contributed by atoms with Crippen molar-refractivity contribution in [1.29, 1.82) is 5.26 Å². The number of aryl methyl sites for hydroxylation is 1. The van der Waals surface area contributed by atoms with Crippen LogP contribution in [0.2, 0.25) is 5.02 Å². The first-order valence-corrected chi connectivity index (χ1v) is 18.1. The number of carbonyl (C=O) groups excluding carboxylic acids is 1. The molecular formula is C36H34ClF3N8O2S. The molecule has 2 N–H and O–H groups in total. The Morgan fingerprint density at radius 3 is 2.80 bits per heavy atom. The third kappa shape index (κ3) is 5.57. The number of hydrogen-bond donors (Lipinski definition) is 1. The van der Waals surface area contributed by atoms with Gasteiger partial charge in [-0.1, -0.05) is 24.6 Å². The van der Waals surface area contributed by atoms with E-state index < -0.39 is 23.3 Å². The molecule has 2 aromatic carbocycles. The maximum Gasteiger partial charge on any atom is 0.319 e. The maximum absolute atomic E-state index is 17.1. The summed E-state index contributed by atoms with van der Waals surface area (Å²) in [4.78, 5) is 26.8. The second-order valence-corrected chi connectivity index (χ2v) is 15.4. The summed E-state index contributed by atoms with van der Waals surface area (Å²) in [5.74, 6) is -1.52. The van der Waals surface area contributed by atoms with E-state index in [4.69, 9.17) is 27.1 Å². The lowest BCUT2D eigenvalue weighted by atomic mass is 9.86. The predicted molar refractivity (Wildman–Crippen MR) is 190 cm³/mol. The van der Waals surface area contributed by atoms with Crippen LogP contribution in [0.15, 0.2) is 30.5 Å². The van der Waals surface area contributed by atoms with Crippen LogP contribution in [-0.2, 0) is 0 Å². The van der Waals surface area contributed by atoms with Crippen LogP contribution in [0.25, 0.3) is 32.1 Å². The average molecular weight is 735 g/mol. The van der Waals surface area contributed by atoms with Crippen molar-refractivity contribution in [2.45, 2.75) is 51.2 Å². The topological polar surface area (TPSA) is 126 Å². The minimum atomic E-state index is -0.961. The van der Waals surface area contributed by atoms with Crippen LogP contribution in [-0.4, -0.2) is 75.1 Å². The van der Waals surface area contributed by atoms with Gasteiger partial charge in [0.1, 0.15) is 41.0 Å². The largest absolute Gasteiger partial charge is 0.461 e. The maximum atomic E-state index is 17.1. The molecule has 5 aromatic rings. The highest BCUT2D eigenvalue weighted by molar-refractivity contribution is 7.23. The van der Waals surface area contributed by atoms with Gasteiger partial charge in [0, 0.05) is 54.5 Å². The van der Waals surface area contributed by atoms with Crippen molar-refractivity contribution in [3.63, 3.8) is 0 Å². The van der Waals surface area contributed by atoms with E-state index in [1.807, 2.05) is 24.8 Å². The highest BCUT2D eigenvalue weighted by Gasteiger charge is 2.49. The molecule has 8 rings (SSSR count). The third-order valence-electron chi connectivity index (χ3n) is 10.7. The molecule has 4 atom stereocenters. The van der Waals surface area contributed by atoms with Crippen molar-refractivity contribution in [1.82, 2.24) is 24.6 Å². The van der Waals surface area contributed by atoms with Crippen molar-refractivity contribution in [3.8, 4) is 23.2 Å². The SMILES string of the molecule is Cc1ccn(C(=O)[C@H]2CCN(c3nc(OC[C@@]45CCCN4C[C@H](F)C5)nc4c(F)c(-c5ccc(F)c6sc(N)c(C#N)c56)c(Cl)cc34)C[C@H]2C)n1.